The van der Waals surface area contributed by atoms with Crippen LogP contribution in [-0.2, 0) is 0 Å². The molecule has 0 spiro atoms. The van der Waals surface area contributed by atoms with Gasteiger partial charge < -0.3 is 4.90 Å². The van der Waals surface area contributed by atoms with Crippen LogP contribution in [0.1, 0.15) is 6.42 Å². The van der Waals surface area contributed by atoms with E-state index in [1.54, 1.807) is 11.9 Å². The first kappa shape index (κ1) is 12.4. The molecule has 0 fully saturated rings. The van der Waals surface area contributed by atoms with Crippen molar-refractivity contribution in [3.8, 4) is 6.07 Å². The molecule has 0 N–H and O–H groups in total. The summed E-state index contributed by atoms with van der Waals surface area (Å²) in [6, 6.07) is 1.99. The third kappa shape index (κ3) is 2.67. The van der Waals surface area contributed by atoms with Gasteiger partial charge in [-0.1, -0.05) is 0 Å². The van der Waals surface area contributed by atoms with E-state index in [1.165, 1.54) is 12.4 Å². The first-order valence-corrected chi connectivity index (χ1v) is 5.23. The summed E-state index contributed by atoms with van der Waals surface area (Å²) in [5, 5.41) is 19.3. The normalized spacial score (nSPS) is 9.56. The van der Waals surface area contributed by atoms with Crippen LogP contribution in [0.4, 0.5) is 11.4 Å². The molecule has 1 heterocycles. The zero-order chi connectivity index (χ0) is 12.1. The van der Waals surface area contributed by atoms with Crippen LogP contribution in [0.5, 0.6) is 0 Å². The first-order valence-electron chi connectivity index (χ1n) is 4.44. The number of nitriles is 1. The minimum absolute atomic E-state index is 0.0742. The molecule has 0 radical (unpaired) electrons. The Morgan fingerprint density at radius 3 is 2.94 bits per heavy atom. The molecule has 0 aliphatic rings. The standard InChI is InChI=1S/C9H9BrN4O2/c1-13(4-2-3-11)9-7(10)5-12-6-8(9)14(15)16/h5-6H,2,4H2,1H3. The molecule has 0 saturated heterocycles. The average molecular weight is 285 g/mol. The van der Waals surface area contributed by atoms with Gasteiger partial charge in [0, 0.05) is 19.8 Å². The molecule has 0 amide bonds. The topological polar surface area (TPSA) is 83.1 Å². The summed E-state index contributed by atoms with van der Waals surface area (Å²) < 4.78 is 0.544. The van der Waals surface area contributed by atoms with Gasteiger partial charge >= 0.3 is 5.69 Å². The summed E-state index contributed by atoms with van der Waals surface area (Å²) in [5.41, 5.74) is 0.366. The summed E-state index contributed by atoms with van der Waals surface area (Å²) in [5.74, 6) is 0. The molecule has 6 nitrogen and oxygen atoms in total. The lowest BCUT2D eigenvalue weighted by molar-refractivity contribution is -0.384. The Morgan fingerprint density at radius 2 is 2.38 bits per heavy atom. The Morgan fingerprint density at radius 1 is 1.69 bits per heavy atom. The van der Waals surface area contributed by atoms with Crippen molar-refractivity contribution in [1.29, 1.82) is 5.26 Å². The Labute approximate surface area is 101 Å². The third-order valence-electron chi connectivity index (χ3n) is 1.99. The summed E-state index contributed by atoms with van der Waals surface area (Å²) in [6.45, 7) is 0.431. The van der Waals surface area contributed by atoms with Crippen molar-refractivity contribution in [1.82, 2.24) is 4.98 Å². The molecule has 1 aromatic heterocycles. The zero-order valence-corrected chi connectivity index (χ0v) is 10.1. The number of aromatic nitrogens is 1. The van der Waals surface area contributed by atoms with E-state index in [2.05, 4.69) is 20.9 Å². The molecule has 1 aromatic rings. The largest absolute Gasteiger partial charge is 0.367 e. The summed E-state index contributed by atoms with van der Waals surface area (Å²) in [4.78, 5) is 15.7. The number of pyridine rings is 1. The summed E-state index contributed by atoms with van der Waals surface area (Å²) in [7, 11) is 1.70. The highest BCUT2D eigenvalue weighted by Crippen LogP contribution is 2.33. The molecule has 0 aliphatic carbocycles. The molecule has 0 atom stereocenters. The van der Waals surface area contributed by atoms with E-state index in [0.717, 1.165) is 0 Å². The fraction of sp³-hybridized carbons (Fsp3) is 0.333. The molecular weight excluding hydrogens is 276 g/mol. The minimum atomic E-state index is -0.490. The second-order valence-electron chi connectivity index (χ2n) is 3.08. The van der Waals surface area contributed by atoms with E-state index in [0.29, 0.717) is 23.1 Å². The van der Waals surface area contributed by atoms with Crippen molar-refractivity contribution in [2.45, 2.75) is 6.42 Å². The monoisotopic (exact) mass is 284 g/mol. The van der Waals surface area contributed by atoms with E-state index in [-0.39, 0.29) is 5.69 Å². The molecule has 0 aromatic carbocycles. The number of anilines is 1. The molecule has 0 bridgehead atoms. The predicted molar refractivity (Wildman–Crippen MR) is 62.1 cm³/mol. The van der Waals surface area contributed by atoms with Gasteiger partial charge in [0.1, 0.15) is 11.9 Å². The van der Waals surface area contributed by atoms with Crippen molar-refractivity contribution in [3.05, 3.63) is 27.0 Å². The van der Waals surface area contributed by atoms with Crippen molar-refractivity contribution in [2.24, 2.45) is 0 Å². The van der Waals surface area contributed by atoms with Crippen LogP contribution in [0.25, 0.3) is 0 Å². The molecule has 16 heavy (non-hydrogen) atoms. The number of hydrogen-bond acceptors (Lipinski definition) is 5. The van der Waals surface area contributed by atoms with E-state index < -0.39 is 4.92 Å². The number of hydrogen-bond donors (Lipinski definition) is 0. The fourth-order valence-electron chi connectivity index (χ4n) is 1.26. The average Bonchev–Trinajstić information content (AvgIpc) is 2.25. The molecule has 7 heteroatoms. The van der Waals surface area contributed by atoms with Gasteiger partial charge in [0.15, 0.2) is 0 Å². The van der Waals surface area contributed by atoms with Crippen molar-refractivity contribution in [2.75, 3.05) is 18.5 Å². The molecule has 0 aliphatic heterocycles. The number of rotatable bonds is 4. The first-order chi connectivity index (χ1) is 7.57. The van der Waals surface area contributed by atoms with Gasteiger partial charge in [0.25, 0.3) is 0 Å². The number of nitrogens with zero attached hydrogens (tertiary/aromatic N) is 4. The lowest BCUT2D eigenvalue weighted by Gasteiger charge is -2.18. The SMILES string of the molecule is CN(CCC#N)c1c(Br)cncc1[N+](=O)[O-]. The Hall–Kier alpha value is -1.68. The zero-order valence-electron chi connectivity index (χ0n) is 8.55. The van der Waals surface area contributed by atoms with Crippen LogP contribution in [0.2, 0.25) is 0 Å². The van der Waals surface area contributed by atoms with Crippen LogP contribution in [0.15, 0.2) is 16.9 Å². The third-order valence-corrected chi connectivity index (χ3v) is 2.57. The van der Waals surface area contributed by atoms with Gasteiger partial charge in [-0.15, -0.1) is 0 Å². The van der Waals surface area contributed by atoms with Crippen LogP contribution < -0.4 is 4.90 Å². The van der Waals surface area contributed by atoms with Crippen molar-refractivity contribution >= 4 is 27.3 Å². The highest BCUT2D eigenvalue weighted by molar-refractivity contribution is 9.10. The van der Waals surface area contributed by atoms with E-state index in [9.17, 15) is 10.1 Å². The molecule has 0 saturated carbocycles. The summed E-state index contributed by atoms with van der Waals surface area (Å²) >= 11 is 3.22. The maximum absolute atomic E-state index is 10.8. The van der Waals surface area contributed by atoms with Crippen LogP contribution in [-0.4, -0.2) is 23.5 Å². The molecular formula is C9H9BrN4O2. The highest BCUT2D eigenvalue weighted by Gasteiger charge is 2.20. The van der Waals surface area contributed by atoms with Crippen LogP contribution in [0, 0.1) is 21.4 Å². The quantitative estimate of drug-likeness (QED) is 0.625. The second kappa shape index (κ2) is 5.42. The highest BCUT2D eigenvalue weighted by atomic mass is 79.9. The van der Waals surface area contributed by atoms with Crippen LogP contribution in [0.3, 0.4) is 0 Å². The Balaban J connectivity index is 3.10. The van der Waals surface area contributed by atoms with Crippen molar-refractivity contribution < 1.29 is 4.92 Å². The second-order valence-corrected chi connectivity index (χ2v) is 3.93. The molecule has 84 valence electrons. The maximum Gasteiger partial charge on any atom is 0.311 e. The van der Waals surface area contributed by atoms with Crippen LogP contribution >= 0.6 is 15.9 Å². The fourth-order valence-corrected chi connectivity index (χ4v) is 1.88. The summed E-state index contributed by atoms with van der Waals surface area (Å²) in [6.07, 6.45) is 3.00. The molecule has 1 rings (SSSR count). The number of nitro groups is 1. The minimum Gasteiger partial charge on any atom is -0.367 e. The van der Waals surface area contributed by atoms with Gasteiger partial charge in [0.05, 0.1) is 21.9 Å². The Kier molecular flexibility index (Phi) is 4.19. The van der Waals surface area contributed by atoms with E-state index in [1.807, 2.05) is 6.07 Å². The predicted octanol–water partition coefficient (Wildman–Crippen LogP) is 2.10. The van der Waals surface area contributed by atoms with E-state index in [4.69, 9.17) is 5.26 Å². The van der Waals surface area contributed by atoms with Gasteiger partial charge in [0.2, 0.25) is 0 Å². The van der Waals surface area contributed by atoms with Gasteiger partial charge in [-0.25, -0.2) is 0 Å². The maximum atomic E-state index is 10.8. The lowest BCUT2D eigenvalue weighted by Crippen LogP contribution is -2.20. The van der Waals surface area contributed by atoms with E-state index >= 15 is 0 Å². The van der Waals surface area contributed by atoms with Gasteiger partial charge in [-0.05, 0) is 15.9 Å². The Bertz CT molecular complexity index is 444. The van der Waals surface area contributed by atoms with Gasteiger partial charge in [-0.3, -0.25) is 15.1 Å². The lowest BCUT2D eigenvalue weighted by atomic mass is 10.3. The van der Waals surface area contributed by atoms with Gasteiger partial charge in [-0.2, -0.15) is 5.26 Å². The van der Waals surface area contributed by atoms with Crippen molar-refractivity contribution in [3.63, 3.8) is 0 Å². The number of halogens is 1. The molecule has 0 unspecified atom stereocenters. The smallest absolute Gasteiger partial charge is 0.311 e.